The summed E-state index contributed by atoms with van der Waals surface area (Å²) in [6.07, 6.45) is 4.16. The van der Waals surface area contributed by atoms with Gasteiger partial charge in [0.15, 0.2) is 5.75 Å². The smallest absolute Gasteiger partial charge is 0.156 e. The summed E-state index contributed by atoms with van der Waals surface area (Å²) in [6, 6.07) is 5.19. The van der Waals surface area contributed by atoms with Crippen LogP contribution in [0, 0.1) is 0 Å². The summed E-state index contributed by atoms with van der Waals surface area (Å²) in [4.78, 5) is 0. The van der Waals surface area contributed by atoms with Crippen LogP contribution in [0.1, 0.15) is 32.6 Å². The van der Waals surface area contributed by atoms with E-state index in [1.807, 2.05) is 0 Å². The van der Waals surface area contributed by atoms with Crippen LogP contribution in [0.3, 0.4) is 0 Å². The van der Waals surface area contributed by atoms with Crippen molar-refractivity contribution < 1.29 is 9.84 Å². The Morgan fingerprint density at radius 3 is 2.50 bits per heavy atom. The SMILES string of the molecule is CCC1(NCC(O)COc2c(Cl)cccc2Cl)CCC1. The van der Waals surface area contributed by atoms with Gasteiger partial charge in [0.25, 0.3) is 0 Å². The number of rotatable bonds is 7. The van der Waals surface area contributed by atoms with Gasteiger partial charge in [-0.15, -0.1) is 0 Å². The number of para-hydroxylation sites is 1. The molecule has 2 N–H and O–H groups in total. The number of nitrogens with one attached hydrogen (secondary N) is 1. The van der Waals surface area contributed by atoms with Crippen molar-refractivity contribution in [2.24, 2.45) is 0 Å². The predicted octanol–water partition coefficient (Wildman–Crippen LogP) is 3.66. The minimum atomic E-state index is -0.577. The Morgan fingerprint density at radius 1 is 1.35 bits per heavy atom. The van der Waals surface area contributed by atoms with Gasteiger partial charge in [-0.2, -0.15) is 0 Å². The fourth-order valence-electron chi connectivity index (χ4n) is 2.45. The topological polar surface area (TPSA) is 41.5 Å². The summed E-state index contributed by atoms with van der Waals surface area (Å²) in [6.45, 7) is 2.88. The maximum absolute atomic E-state index is 10.00. The zero-order valence-corrected chi connectivity index (χ0v) is 13.2. The van der Waals surface area contributed by atoms with E-state index >= 15 is 0 Å². The van der Waals surface area contributed by atoms with E-state index in [0.717, 1.165) is 6.42 Å². The number of benzene rings is 1. The molecule has 0 amide bonds. The number of β-amino-alcohol motifs (C(OH)–C–C–N with tert-alkyl or cyclic N) is 1. The average molecular weight is 318 g/mol. The molecule has 0 aliphatic heterocycles. The zero-order valence-electron chi connectivity index (χ0n) is 11.7. The van der Waals surface area contributed by atoms with Gasteiger partial charge in [0.1, 0.15) is 12.7 Å². The Bertz CT molecular complexity index is 424. The minimum Gasteiger partial charge on any atom is -0.488 e. The van der Waals surface area contributed by atoms with Crippen LogP contribution in [0.5, 0.6) is 5.75 Å². The van der Waals surface area contributed by atoms with Crippen LogP contribution in [0.2, 0.25) is 10.0 Å². The van der Waals surface area contributed by atoms with Crippen LogP contribution in [-0.4, -0.2) is 29.9 Å². The molecule has 2 rings (SSSR count). The molecule has 0 spiro atoms. The first-order valence-corrected chi connectivity index (χ1v) is 7.82. The van der Waals surface area contributed by atoms with Crippen molar-refractivity contribution in [1.82, 2.24) is 5.32 Å². The number of hydrogen-bond donors (Lipinski definition) is 2. The molecule has 5 heteroatoms. The molecule has 1 aliphatic rings. The predicted molar refractivity (Wildman–Crippen MR) is 82.8 cm³/mol. The molecule has 1 saturated carbocycles. The van der Waals surface area contributed by atoms with Gasteiger partial charge in [-0.1, -0.05) is 36.2 Å². The Balaban J connectivity index is 1.79. The molecule has 0 aromatic heterocycles. The van der Waals surface area contributed by atoms with E-state index in [1.165, 1.54) is 19.3 Å². The van der Waals surface area contributed by atoms with Gasteiger partial charge < -0.3 is 15.2 Å². The minimum absolute atomic E-state index is 0.177. The van der Waals surface area contributed by atoms with Crippen molar-refractivity contribution in [2.45, 2.75) is 44.2 Å². The third-order valence-electron chi connectivity index (χ3n) is 4.04. The molecule has 1 fully saturated rings. The first kappa shape index (κ1) is 15.9. The van der Waals surface area contributed by atoms with E-state index in [2.05, 4.69) is 12.2 Å². The summed E-state index contributed by atoms with van der Waals surface area (Å²) in [7, 11) is 0. The third kappa shape index (κ3) is 3.79. The normalized spacial score (nSPS) is 18.4. The van der Waals surface area contributed by atoms with E-state index in [9.17, 15) is 5.11 Å². The van der Waals surface area contributed by atoms with Crippen LogP contribution in [0.4, 0.5) is 0 Å². The fourth-order valence-corrected chi connectivity index (χ4v) is 2.96. The van der Waals surface area contributed by atoms with Crippen molar-refractivity contribution in [3.05, 3.63) is 28.2 Å². The fraction of sp³-hybridized carbons (Fsp3) is 0.600. The number of aliphatic hydroxyl groups excluding tert-OH is 1. The van der Waals surface area contributed by atoms with E-state index in [1.54, 1.807) is 18.2 Å². The molecule has 1 aromatic rings. The second-order valence-corrected chi connectivity index (χ2v) is 6.20. The van der Waals surface area contributed by atoms with Crippen molar-refractivity contribution >= 4 is 23.2 Å². The highest BCUT2D eigenvalue weighted by molar-refractivity contribution is 6.37. The molecule has 1 aromatic carbocycles. The average Bonchev–Trinajstić information content (AvgIpc) is 2.37. The largest absolute Gasteiger partial charge is 0.488 e. The van der Waals surface area contributed by atoms with Crippen molar-refractivity contribution in [3.8, 4) is 5.75 Å². The lowest BCUT2D eigenvalue weighted by Crippen LogP contribution is -2.53. The molecule has 0 bridgehead atoms. The van der Waals surface area contributed by atoms with Gasteiger partial charge in [-0.05, 0) is 37.8 Å². The van der Waals surface area contributed by atoms with Gasteiger partial charge in [-0.3, -0.25) is 0 Å². The van der Waals surface area contributed by atoms with Gasteiger partial charge in [0, 0.05) is 12.1 Å². The van der Waals surface area contributed by atoms with Crippen LogP contribution in [0.15, 0.2) is 18.2 Å². The maximum Gasteiger partial charge on any atom is 0.156 e. The molecule has 1 atom stereocenters. The second-order valence-electron chi connectivity index (χ2n) is 5.38. The van der Waals surface area contributed by atoms with E-state index in [0.29, 0.717) is 22.3 Å². The number of hydrogen-bond acceptors (Lipinski definition) is 3. The third-order valence-corrected chi connectivity index (χ3v) is 4.63. The molecular weight excluding hydrogens is 297 g/mol. The molecule has 1 unspecified atom stereocenters. The van der Waals surface area contributed by atoms with Gasteiger partial charge in [0.2, 0.25) is 0 Å². The number of halogens is 2. The second kappa shape index (κ2) is 6.99. The molecular formula is C15H21Cl2NO2. The molecule has 20 heavy (non-hydrogen) atoms. The lowest BCUT2D eigenvalue weighted by Gasteiger charge is -2.42. The zero-order chi connectivity index (χ0) is 14.6. The Kier molecular flexibility index (Phi) is 5.56. The van der Waals surface area contributed by atoms with E-state index in [4.69, 9.17) is 27.9 Å². The van der Waals surface area contributed by atoms with Gasteiger partial charge in [-0.25, -0.2) is 0 Å². The van der Waals surface area contributed by atoms with Crippen LogP contribution < -0.4 is 10.1 Å². The molecule has 0 radical (unpaired) electrons. The highest BCUT2D eigenvalue weighted by atomic mass is 35.5. The maximum atomic E-state index is 10.00. The quantitative estimate of drug-likeness (QED) is 0.806. The Morgan fingerprint density at radius 2 is 2.00 bits per heavy atom. The first-order chi connectivity index (χ1) is 9.56. The number of ether oxygens (including phenoxy) is 1. The Hall–Kier alpha value is -0.480. The first-order valence-electron chi connectivity index (χ1n) is 7.06. The summed E-state index contributed by atoms with van der Waals surface area (Å²) in [5.41, 5.74) is 0.225. The van der Waals surface area contributed by atoms with E-state index in [-0.39, 0.29) is 12.1 Å². The molecule has 0 saturated heterocycles. The van der Waals surface area contributed by atoms with Gasteiger partial charge >= 0.3 is 0 Å². The molecule has 3 nitrogen and oxygen atoms in total. The van der Waals surface area contributed by atoms with Crippen LogP contribution in [-0.2, 0) is 0 Å². The van der Waals surface area contributed by atoms with E-state index < -0.39 is 6.10 Å². The summed E-state index contributed by atoms with van der Waals surface area (Å²) in [5.74, 6) is 0.434. The van der Waals surface area contributed by atoms with Crippen molar-refractivity contribution in [1.29, 1.82) is 0 Å². The highest BCUT2D eigenvalue weighted by Crippen LogP contribution is 2.34. The van der Waals surface area contributed by atoms with Gasteiger partial charge in [0.05, 0.1) is 10.0 Å². The monoisotopic (exact) mass is 317 g/mol. The van der Waals surface area contributed by atoms with Crippen LogP contribution >= 0.6 is 23.2 Å². The highest BCUT2D eigenvalue weighted by Gasteiger charge is 2.34. The molecule has 1 aliphatic carbocycles. The Labute approximate surface area is 130 Å². The summed E-state index contributed by atoms with van der Waals surface area (Å²) in [5, 5.41) is 14.4. The summed E-state index contributed by atoms with van der Waals surface area (Å²) < 4.78 is 5.53. The molecule has 112 valence electrons. The lowest BCUT2D eigenvalue weighted by atomic mass is 9.75. The van der Waals surface area contributed by atoms with Crippen molar-refractivity contribution in [3.63, 3.8) is 0 Å². The standard InChI is InChI=1S/C15H21Cl2NO2/c1-2-15(7-4-8-15)18-9-11(19)10-20-14-12(16)5-3-6-13(14)17/h3,5-6,11,18-19H,2,4,7-10H2,1H3. The van der Waals surface area contributed by atoms with Crippen molar-refractivity contribution in [2.75, 3.05) is 13.2 Å². The lowest BCUT2D eigenvalue weighted by molar-refractivity contribution is 0.0812. The summed E-state index contributed by atoms with van der Waals surface area (Å²) >= 11 is 12.0. The molecule has 0 heterocycles. The number of aliphatic hydroxyl groups is 1. The van der Waals surface area contributed by atoms with Crippen LogP contribution in [0.25, 0.3) is 0 Å².